The number of carbonyl (C=O) groups is 2. The molecule has 2 aromatic rings. The van der Waals surface area contributed by atoms with Gasteiger partial charge in [-0.25, -0.2) is 4.98 Å². The molecule has 27 heavy (non-hydrogen) atoms. The van der Waals surface area contributed by atoms with E-state index in [-0.39, 0.29) is 17.9 Å². The van der Waals surface area contributed by atoms with Gasteiger partial charge in [-0.15, -0.1) is 0 Å². The third-order valence-electron chi connectivity index (χ3n) is 5.38. The van der Waals surface area contributed by atoms with E-state index in [1.807, 2.05) is 50.5 Å². The SMILES string of the molecule is CCC(C)NC(=O)c1nc(C(=O)Nc2cccc(C)c2C)n2c1CCCC2. The molecule has 1 unspecified atom stereocenters. The molecule has 1 aromatic heterocycles. The first-order chi connectivity index (χ1) is 12.9. The molecule has 1 aliphatic heterocycles. The predicted molar refractivity (Wildman–Crippen MR) is 106 cm³/mol. The number of anilines is 1. The number of rotatable bonds is 5. The van der Waals surface area contributed by atoms with Crippen LogP contribution in [0.5, 0.6) is 0 Å². The fourth-order valence-corrected chi connectivity index (χ4v) is 3.36. The Kier molecular flexibility index (Phi) is 5.63. The molecule has 1 aliphatic rings. The van der Waals surface area contributed by atoms with E-state index in [1.54, 1.807) is 0 Å². The topological polar surface area (TPSA) is 76.0 Å². The zero-order valence-electron chi connectivity index (χ0n) is 16.6. The number of hydrogen-bond donors (Lipinski definition) is 2. The number of fused-ring (bicyclic) bond motifs is 1. The van der Waals surface area contributed by atoms with Gasteiger partial charge in [0.25, 0.3) is 11.8 Å². The van der Waals surface area contributed by atoms with Crippen molar-refractivity contribution in [3.05, 3.63) is 46.5 Å². The number of carbonyl (C=O) groups excluding carboxylic acids is 2. The standard InChI is InChI=1S/C21H28N4O2/c1-5-14(3)22-20(26)18-17-11-6-7-12-25(17)19(24-18)21(27)23-16-10-8-9-13(2)15(16)4/h8-10,14H,5-7,11-12H2,1-4H3,(H,22,26)(H,23,27). The Balaban J connectivity index is 1.92. The van der Waals surface area contributed by atoms with E-state index in [2.05, 4.69) is 15.6 Å². The molecule has 6 heteroatoms. The van der Waals surface area contributed by atoms with Crippen LogP contribution in [0, 0.1) is 13.8 Å². The van der Waals surface area contributed by atoms with Crippen molar-refractivity contribution in [1.29, 1.82) is 0 Å². The van der Waals surface area contributed by atoms with E-state index in [0.717, 1.165) is 48.2 Å². The van der Waals surface area contributed by atoms with Crippen molar-refractivity contribution in [2.24, 2.45) is 0 Å². The smallest absolute Gasteiger partial charge is 0.291 e. The van der Waals surface area contributed by atoms with Crippen molar-refractivity contribution in [1.82, 2.24) is 14.9 Å². The summed E-state index contributed by atoms with van der Waals surface area (Å²) in [4.78, 5) is 30.1. The maximum atomic E-state index is 12.9. The van der Waals surface area contributed by atoms with E-state index in [4.69, 9.17) is 0 Å². The molecule has 0 radical (unpaired) electrons. The van der Waals surface area contributed by atoms with Crippen LogP contribution in [0.25, 0.3) is 0 Å². The molecule has 0 spiro atoms. The molecule has 3 rings (SSSR count). The Morgan fingerprint density at radius 3 is 2.74 bits per heavy atom. The molecule has 1 aromatic carbocycles. The number of nitrogens with zero attached hydrogens (tertiary/aromatic N) is 2. The molecular formula is C21H28N4O2. The van der Waals surface area contributed by atoms with Crippen LogP contribution in [-0.2, 0) is 13.0 Å². The van der Waals surface area contributed by atoms with Gasteiger partial charge in [0, 0.05) is 18.3 Å². The van der Waals surface area contributed by atoms with E-state index >= 15 is 0 Å². The average Bonchev–Trinajstić information content (AvgIpc) is 3.05. The molecule has 2 heterocycles. The minimum Gasteiger partial charge on any atom is -0.348 e. The molecule has 0 saturated carbocycles. The molecular weight excluding hydrogens is 340 g/mol. The lowest BCUT2D eigenvalue weighted by atomic mass is 10.1. The highest BCUT2D eigenvalue weighted by Gasteiger charge is 2.28. The van der Waals surface area contributed by atoms with E-state index in [0.29, 0.717) is 18.1 Å². The van der Waals surface area contributed by atoms with Crippen molar-refractivity contribution < 1.29 is 9.59 Å². The van der Waals surface area contributed by atoms with Gasteiger partial charge in [0.05, 0.1) is 5.69 Å². The zero-order chi connectivity index (χ0) is 19.6. The van der Waals surface area contributed by atoms with Gasteiger partial charge in [0.15, 0.2) is 5.82 Å². The summed E-state index contributed by atoms with van der Waals surface area (Å²) in [5.41, 5.74) is 4.19. The Morgan fingerprint density at radius 2 is 2.00 bits per heavy atom. The van der Waals surface area contributed by atoms with Crippen molar-refractivity contribution in [2.45, 2.75) is 66.0 Å². The number of amides is 2. The second-order valence-electron chi connectivity index (χ2n) is 7.32. The van der Waals surface area contributed by atoms with Gasteiger partial charge in [0.1, 0.15) is 5.69 Å². The van der Waals surface area contributed by atoms with Crippen LogP contribution in [0.15, 0.2) is 18.2 Å². The number of aromatic nitrogens is 2. The highest BCUT2D eigenvalue weighted by molar-refractivity contribution is 6.04. The van der Waals surface area contributed by atoms with Crippen LogP contribution in [0.3, 0.4) is 0 Å². The summed E-state index contributed by atoms with van der Waals surface area (Å²) in [6.07, 6.45) is 3.61. The molecule has 6 nitrogen and oxygen atoms in total. The Morgan fingerprint density at radius 1 is 1.22 bits per heavy atom. The minimum atomic E-state index is -0.269. The quantitative estimate of drug-likeness (QED) is 0.846. The summed E-state index contributed by atoms with van der Waals surface area (Å²) >= 11 is 0. The predicted octanol–water partition coefficient (Wildman–Crippen LogP) is 3.62. The maximum Gasteiger partial charge on any atom is 0.291 e. The van der Waals surface area contributed by atoms with Gasteiger partial charge < -0.3 is 15.2 Å². The summed E-state index contributed by atoms with van der Waals surface area (Å²) in [6, 6.07) is 5.89. The third kappa shape index (κ3) is 3.89. The first-order valence-corrected chi connectivity index (χ1v) is 9.70. The lowest BCUT2D eigenvalue weighted by molar-refractivity contribution is 0.0933. The fourth-order valence-electron chi connectivity index (χ4n) is 3.36. The molecule has 144 valence electrons. The number of imidazole rings is 1. The van der Waals surface area contributed by atoms with E-state index in [1.165, 1.54) is 0 Å². The van der Waals surface area contributed by atoms with E-state index < -0.39 is 0 Å². The second kappa shape index (κ2) is 7.94. The molecule has 2 amide bonds. The van der Waals surface area contributed by atoms with Crippen LogP contribution >= 0.6 is 0 Å². The van der Waals surface area contributed by atoms with Crippen molar-refractivity contribution in [3.8, 4) is 0 Å². The molecule has 0 bridgehead atoms. The maximum absolute atomic E-state index is 12.9. The largest absolute Gasteiger partial charge is 0.348 e. The molecule has 1 atom stereocenters. The number of hydrogen-bond acceptors (Lipinski definition) is 3. The van der Waals surface area contributed by atoms with Gasteiger partial charge in [-0.1, -0.05) is 19.1 Å². The van der Waals surface area contributed by atoms with Gasteiger partial charge in [-0.3, -0.25) is 9.59 Å². The van der Waals surface area contributed by atoms with Gasteiger partial charge in [-0.2, -0.15) is 0 Å². The van der Waals surface area contributed by atoms with Crippen LogP contribution in [0.2, 0.25) is 0 Å². The molecule has 0 saturated heterocycles. The monoisotopic (exact) mass is 368 g/mol. The zero-order valence-corrected chi connectivity index (χ0v) is 16.6. The molecule has 0 fully saturated rings. The number of aryl methyl sites for hydroxylation is 1. The van der Waals surface area contributed by atoms with Gasteiger partial charge in [0.2, 0.25) is 0 Å². The Labute approximate surface area is 160 Å². The highest BCUT2D eigenvalue weighted by atomic mass is 16.2. The molecule has 2 N–H and O–H groups in total. The lowest BCUT2D eigenvalue weighted by Crippen LogP contribution is -2.33. The van der Waals surface area contributed by atoms with Gasteiger partial charge >= 0.3 is 0 Å². The third-order valence-corrected chi connectivity index (χ3v) is 5.38. The highest BCUT2D eigenvalue weighted by Crippen LogP contribution is 2.23. The number of nitrogens with one attached hydrogen (secondary N) is 2. The average molecular weight is 368 g/mol. The van der Waals surface area contributed by atoms with Crippen LogP contribution in [0.4, 0.5) is 5.69 Å². The second-order valence-corrected chi connectivity index (χ2v) is 7.32. The van der Waals surface area contributed by atoms with Crippen molar-refractivity contribution in [3.63, 3.8) is 0 Å². The number of benzene rings is 1. The summed E-state index contributed by atoms with van der Waals surface area (Å²) in [7, 11) is 0. The summed E-state index contributed by atoms with van der Waals surface area (Å²) in [5, 5.41) is 5.94. The summed E-state index contributed by atoms with van der Waals surface area (Å²) < 4.78 is 1.91. The van der Waals surface area contributed by atoms with Crippen LogP contribution in [-0.4, -0.2) is 27.4 Å². The van der Waals surface area contributed by atoms with E-state index in [9.17, 15) is 9.59 Å². The Hall–Kier alpha value is -2.63. The van der Waals surface area contributed by atoms with Crippen LogP contribution < -0.4 is 10.6 Å². The first kappa shape index (κ1) is 19.1. The van der Waals surface area contributed by atoms with Gasteiger partial charge in [-0.05, 0) is 63.6 Å². The normalized spacial score (nSPS) is 14.4. The molecule has 0 aliphatic carbocycles. The summed E-state index contributed by atoms with van der Waals surface area (Å²) in [5.74, 6) is -0.143. The summed E-state index contributed by atoms with van der Waals surface area (Å²) in [6.45, 7) is 8.70. The van der Waals surface area contributed by atoms with Crippen molar-refractivity contribution >= 4 is 17.5 Å². The Bertz CT molecular complexity index is 869. The van der Waals surface area contributed by atoms with Crippen LogP contribution in [0.1, 0.15) is 71.0 Å². The first-order valence-electron chi connectivity index (χ1n) is 9.70. The minimum absolute atomic E-state index is 0.0747. The fraction of sp³-hybridized carbons (Fsp3) is 0.476. The lowest BCUT2D eigenvalue weighted by Gasteiger charge is -2.18. The van der Waals surface area contributed by atoms with Crippen molar-refractivity contribution in [2.75, 3.05) is 5.32 Å².